The van der Waals surface area contributed by atoms with E-state index in [0.29, 0.717) is 19.4 Å². The number of carbonyl (C=O) groups is 3. The molecule has 0 radical (unpaired) electrons. The van der Waals surface area contributed by atoms with Crippen molar-refractivity contribution < 1.29 is 28.8 Å². The van der Waals surface area contributed by atoms with Gasteiger partial charge in [-0.3, -0.25) is 14.9 Å². The third kappa shape index (κ3) is 4.12. The third-order valence-corrected chi connectivity index (χ3v) is 6.36. The van der Waals surface area contributed by atoms with E-state index in [1.54, 1.807) is 0 Å². The predicted octanol–water partition coefficient (Wildman–Crippen LogP) is 3.97. The van der Waals surface area contributed by atoms with Crippen molar-refractivity contribution in [3.05, 3.63) is 71.4 Å². The number of fused-ring (bicyclic) bond motifs is 3. The first-order valence-corrected chi connectivity index (χ1v) is 11.1. The van der Waals surface area contributed by atoms with Gasteiger partial charge < -0.3 is 19.3 Å². The lowest BCUT2D eigenvalue weighted by atomic mass is 9.98. The highest BCUT2D eigenvalue weighted by molar-refractivity contribution is 5.94. The molecule has 1 atom stereocenters. The minimum atomic E-state index is -0.921. The van der Waals surface area contributed by atoms with Gasteiger partial charge in [0.15, 0.2) is 5.69 Å². The first-order chi connectivity index (χ1) is 16.5. The molecular formula is C25H23N3O6. The number of anilines is 1. The van der Waals surface area contributed by atoms with Crippen molar-refractivity contribution in [1.29, 1.82) is 0 Å². The van der Waals surface area contributed by atoms with Gasteiger partial charge in [-0.1, -0.05) is 53.7 Å². The number of piperidine rings is 1. The van der Waals surface area contributed by atoms with Crippen LogP contribution in [0.3, 0.4) is 0 Å². The fraction of sp³-hybridized carbons (Fsp3) is 0.280. The number of amides is 2. The van der Waals surface area contributed by atoms with Gasteiger partial charge in [0.1, 0.15) is 6.61 Å². The summed E-state index contributed by atoms with van der Waals surface area (Å²) in [4.78, 5) is 37.8. The Hall–Kier alpha value is -4.14. The SMILES string of the molecule is O=C(Nc1cc(C(=O)N2CCC[C@H](C(=O)O)C2)no1)OCC1c2ccccc2-c2ccccc21. The molecule has 1 aliphatic heterocycles. The standard InChI is InChI=1S/C25H23N3O6/c29-23(28-11-5-6-15(13-28)24(30)31)21-12-22(34-27-21)26-25(32)33-14-20-18-9-3-1-7-16(18)17-8-2-4-10-19(17)20/h1-4,7-10,12,15,20H,5-6,11,13-14H2,(H,26,32)(H,30,31)/t15-/m0/s1. The molecule has 1 fully saturated rings. The normalized spacial score (nSPS) is 17.1. The average molecular weight is 461 g/mol. The Bertz CT molecular complexity index is 1210. The van der Waals surface area contributed by atoms with Crippen molar-refractivity contribution in [2.45, 2.75) is 18.8 Å². The van der Waals surface area contributed by atoms with E-state index >= 15 is 0 Å². The zero-order valence-corrected chi connectivity index (χ0v) is 18.3. The molecule has 0 unspecified atom stereocenters. The van der Waals surface area contributed by atoms with Crippen LogP contribution in [0.1, 0.15) is 40.4 Å². The number of hydrogen-bond donors (Lipinski definition) is 2. The van der Waals surface area contributed by atoms with Gasteiger partial charge in [0.05, 0.1) is 5.92 Å². The molecule has 1 aromatic heterocycles. The molecule has 9 nitrogen and oxygen atoms in total. The van der Waals surface area contributed by atoms with Gasteiger partial charge in [0, 0.05) is 25.1 Å². The van der Waals surface area contributed by atoms with Crippen LogP contribution in [0.15, 0.2) is 59.1 Å². The summed E-state index contributed by atoms with van der Waals surface area (Å²) >= 11 is 0. The third-order valence-electron chi connectivity index (χ3n) is 6.36. The number of aliphatic carboxylic acids is 1. The van der Waals surface area contributed by atoms with Crippen LogP contribution in [0.25, 0.3) is 11.1 Å². The second-order valence-electron chi connectivity index (χ2n) is 8.46. The maximum atomic E-state index is 12.7. The van der Waals surface area contributed by atoms with E-state index in [4.69, 9.17) is 9.26 Å². The zero-order chi connectivity index (χ0) is 23.7. The Kier molecular flexibility index (Phi) is 5.75. The molecule has 2 aliphatic rings. The molecule has 2 N–H and O–H groups in total. The second-order valence-corrected chi connectivity index (χ2v) is 8.46. The molecule has 0 bridgehead atoms. The number of carboxylic acid groups (broad SMARTS) is 1. The van der Waals surface area contributed by atoms with E-state index in [1.807, 2.05) is 36.4 Å². The van der Waals surface area contributed by atoms with Crippen LogP contribution in [0.2, 0.25) is 0 Å². The van der Waals surface area contributed by atoms with Crippen molar-refractivity contribution in [3.63, 3.8) is 0 Å². The van der Waals surface area contributed by atoms with Crippen molar-refractivity contribution in [2.24, 2.45) is 5.92 Å². The van der Waals surface area contributed by atoms with Crippen molar-refractivity contribution in [2.75, 3.05) is 25.0 Å². The number of aromatic nitrogens is 1. The van der Waals surface area contributed by atoms with Gasteiger partial charge in [-0.2, -0.15) is 0 Å². The largest absolute Gasteiger partial charge is 0.481 e. The Balaban J connectivity index is 1.20. The van der Waals surface area contributed by atoms with Crippen molar-refractivity contribution >= 4 is 23.9 Å². The number of carboxylic acids is 1. The molecule has 2 amide bonds. The van der Waals surface area contributed by atoms with E-state index in [9.17, 15) is 19.5 Å². The molecule has 3 aromatic rings. The summed E-state index contributed by atoms with van der Waals surface area (Å²) in [5.74, 6) is -2.05. The average Bonchev–Trinajstić information content (AvgIpc) is 3.45. The zero-order valence-electron chi connectivity index (χ0n) is 18.3. The van der Waals surface area contributed by atoms with Crippen LogP contribution in [-0.4, -0.2) is 52.8 Å². The van der Waals surface area contributed by atoms with E-state index < -0.39 is 23.9 Å². The van der Waals surface area contributed by atoms with Gasteiger partial charge in [-0.25, -0.2) is 4.79 Å². The van der Waals surface area contributed by atoms with Crippen LogP contribution >= 0.6 is 0 Å². The molecular weight excluding hydrogens is 438 g/mol. The fourth-order valence-electron chi connectivity index (χ4n) is 4.70. The number of likely N-dealkylation sites (tertiary alicyclic amines) is 1. The smallest absolute Gasteiger partial charge is 0.414 e. The van der Waals surface area contributed by atoms with Crippen LogP contribution in [-0.2, 0) is 9.53 Å². The lowest BCUT2D eigenvalue weighted by molar-refractivity contribution is -0.143. The fourth-order valence-corrected chi connectivity index (χ4v) is 4.70. The summed E-state index contributed by atoms with van der Waals surface area (Å²) in [5, 5.41) is 15.4. The van der Waals surface area contributed by atoms with Crippen LogP contribution in [0, 0.1) is 5.92 Å². The summed E-state index contributed by atoms with van der Waals surface area (Å²) in [7, 11) is 0. The van der Waals surface area contributed by atoms with E-state index in [-0.39, 0.29) is 30.6 Å². The summed E-state index contributed by atoms with van der Waals surface area (Å²) in [6, 6.07) is 17.4. The number of nitrogens with one attached hydrogen (secondary N) is 1. The highest BCUT2D eigenvalue weighted by Crippen LogP contribution is 2.44. The molecule has 1 saturated heterocycles. The Morgan fingerprint density at radius 1 is 1.09 bits per heavy atom. The van der Waals surface area contributed by atoms with Crippen molar-refractivity contribution in [3.8, 4) is 11.1 Å². The lowest BCUT2D eigenvalue weighted by Gasteiger charge is -2.29. The number of rotatable bonds is 5. The van der Waals surface area contributed by atoms with E-state index in [2.05, 4.69) is 22.6 Å². The van der Waals surface area contributed by atoms with E-state index in [1.165, 1.54) is 11.0 Å². The number of hydrogen-bond acceptors (Lipinski definition) is 6. The Morgan fingerprint density at radius 2 is 1.76 bits per heavy atom. The quantitative estimate of drug-likeness (QED) is 0.589. The molecule has 0 saturated carbocycles. The van der Waals surface area contributed by atoms with E-state index in [0.717, 1.165) is 22.3 Å². The van der Waals surface area contributed by atoms with Crippen LogP contribution in [0.4, 0.5) is 10.7 Å². The summed E-state index contributed by atoms with van der Waals surface area (Å²) in [6.07, 6.45) is 0.415. The first kappa shape index (κ1) is 21.7. The monoisotopic (exact) mass is 461 g/mol. The maximum Gasteiger partial charge on any atom is 0.414 e. The highest BCUT2D eigenvalue weighted by atomic mass is 16.6. The van der Waals surface area contributed by atoms with Crippen LogP contribution in [0.5, 0.6) is 0 Å². The minimum absolute atomic E-state index is 0.0000126. The van der Waals surface area contributed by atoms with Gasteiger partial charge in [0.2, 0.25) is 5.88 Å². The molecule has 2 heterocycles. The maximum absolute atomic E-state index is 12.7. The molecule has 0 spiro atoms. The summed E-state index contributed by atoms with van der Waals surface area (Å²) < 4.78 is 10.6. The predicted molar refractivity (Wildman–Crippen MR) is 121 cm³/mol. The molecule has 34 heavy (non-hydrogen) atoms. The van der Waals surface area contributed by atoms with Gasteiger partial charge in [-0.05, 0) is 35.1 Å². The van der Waals surface area contributed by atoms with Gasteiger partial charge >= 0.3 is 12.1 Å². The lowest BCUT2D eigenvalue weighted by Crippen LogP contribution is -2.42. The number of benzene rings is 2. The van der Waals surface area contributed by atoms with Crippen molar-refractivity contribution in [1.82, 2.24) is 10.1 Å². The number of carbonyl (C=O) groups excluding carboxylic acids is 2. The summed E-state index contributed by atoms with van der Waals surface area (Å²) in [5.41, 5.74) is 4.47. The molecule has 2 aromatic carbocycles. The topological polar surface area (TPSA) is 122 Å². The number of nitrogens with zero attached hydrogens (tertiary/aromatic N) is 2. The highest BCUT2D eigenvalue weighted by Gasteiger charge is 2.31. The Labute approximate surface area is 195 Å². The van der Waals surface area contributed by atoms with Gasteiger partial charge in [-0.15, -0.1) is 0 Å². The first-order valence-electron chi connectivity index (χ1n) is 11.1. The van der Waals surface area contributed by atoms with Crippen LogP contribution < -0.4 is 5.32 Å². The Morgan fingerprint density at radius 3 is 2.44 bits per heavy atom. The van der Waals surface area contributed by atoms with Gasteiger partial charge in [0.25, 0.3) is 5.91 Å². The molecule has 9 heteroatoms. The minimum Gasteiger partial charge on any atom is -0.481 e. The summed E-state index contributed by atoms with van der Waals surface area (Å²) in [6.45, 7) is 0.713. The molecule has 5 rings (SSSR count). The second kappa shape index (κ2) is 9.01. The number of ether oxygens (including phenoxy) is 1. The molecule has 174 valence electrons. The molecule has 1 aliphatic carbocycles.